The minimum Gasteiger partial charge on any atom is -0.336 e. The van der Waals surface area contributed by atoms with Crippen molar-refractivity contribution in [1.82, 2.24) is 20.3 Å². The zero-order valence-corrected chi connectivity index (χ0v) is 15.0. The first kappa shape index (κ1) is 15.9. The molecule has 3 heterocycles. The van der Waals surface area contributed by atoms with Crippen molar-refractivity contribution in [1.29, 1.82) is 0 Å². The van der Waals surface area contributed by atoms with Gasteiger partial charge < -0.3 is 14.8 Å². The topological polar surface area (TPSA) is 104 Å². The summed E-state index contributed by atoms with van der Waals surface area (Å²) in [5, 5.41) is 9.35. The fraction of sp³-hybridized carbons (Fsp3) is 0.579. The molecule has 0 atom stereocenters. The number of pyridine rings is 1. The van der Waals surface area contributed by atoms with Crippen LogP contribution in [0.4, 0.5) is 0 Å². The third-order valence-corrected chi connectivity index (χ3v) is 5.62. The molecule has 2 aliphatic carbocycles. The van der Waals surface area contributed by atoms with Crippen molar-refractivity contribution in [2.75, 3.05) is 0 Å². The van der Waals surface area contributed by atoms with Gasteiger partial charge in [0.05, 0.1) is 22.2 Å². The van der Waals surface area contributed by atoms with Gasteiger partial charge in [0.1, 0.15) is 0 Å². The largest absolute Gasteiger partial charge is 0.336 e. The molecule has 2 N–H and O–H groups in total. The summed E-state index contributed by atoms with van der Waals surface area (Å²) in [7, 11) is 0. The van der Waals surface area contributed by atoms with Gasteiger partial charge in [-0.15, -0.1) is 0 Å². The maximum absolute atomic E-state index is 6.50. The molecular formula is C19H23N5O2. The van der Waals surface area contributed by atoms with E-state index in [1.54, 1.807) is 0 Å². The monoisotopic (exact) mass is 353 g/mol. The van der Waals surface area contributed by atoms with Crippen LogP contribution in [-0.4, -0.2) is 20.3 Å². The van der Waals surface area contributed by atoms with E-state index in [9.17, 15) is 0 Å². The molecule has 2 fully saturated rings. The van der Waals surface area contributed by atoms with Crippen LogP contribution in [0.2, 0.25) is 0 Å². The molecule has 7 heteroatoms. The van der Waals surface area contributed by atoms with Gasteiger partial charge in [-0.1, -0.05) is 36.5 Å². The maximum Gasteiger partial charge on any atom is 0.259 e. The molecule has 2 aliphatic rings. The average Bonchev–Trinajstić information content (AvgIpc) is 3.04. The lowest BCUT2D eigenvalue weighted by atomic mass is 9.98. The zero-order chi connectivity index (χ0) is 17.7. The molecule has 0 aromatic carbocycles. The molecule has 5 rings (SSSR count). The normalized spacial score (nSPS) is 19.5. The lowest BCUT2D eigenvalue weighted by Crippen LogP contribution is -2.34. The lowest BCUT2D eigenvalue weighted by molar-refractivity contribution is 0.373. The van der Waals surface area contributed by atoms with Gasteiger partial charge in [-0.25, -0.2) is 4.98 Å². The van der Waals surface area contributed by atoms with E-state index in [1.165, 1.54) is 0 Å². The van der Waals surface area contributed by atoms with Crippen LogP contribution >= 0.6 is 0 Å². The van der Waals surface area contributed by atoms with Gasteiger partial charge in [0.2, 0.25) is 0 Å². The highest BCUT2D eigenvalue weighted by Crippen LogP contribution is 2.43. The number of nitrogens with zero attached hydrogens (tertiary/aromatic N) is 4. The zero-order valence-electron chi connectivity index (χ0n) is 15.0. The molecule has 0 aliphatic heterocycles. The van der Waals surface area contributed by atoms with Crippen LogP contribution in [0.5, 0.6) is 0 Å². The summed E-state index contributed by atoms with van der Waals surface area (Å²) >= 11 is 0. The van der Waals surface area contributed by atoms with Gasteiger partial charge >= 0.3 is 0 Å². The number of hydrogen-bond acceptors (Lipinski definition) is 7. The average molecular weight is 353 g/mol. The van der Waals surface area contributed by atoms with Crippen molar-refractivity contribution in [3.05, 3.63) is 23.3 Å². The third-order valence-electron chi connectivity index (χ3n) is 5.62. The van der Waals surface area contributed by atoms with Crippen molar-refractivity contribution in [3.63, 3.8) is 0 Å². The third kappa shape index (κ3) is 2.53. The molecule has 0 spiro atoms. The van der Waals surface area contributed by atoms with Crippen LogP contribution < -0.4 is 5.73 Å². The van der Waals surface area contributed by atoms with E-state index in [1.807, 2.05) is 0 Å². The van der Waals surface area contributed by atoms with E-state index in [0.29, 0.717) is 23.3 Å². The summed E-state index contributed by atoms with van der Waals surface area (Å²) in [6.45, 7) is 2.12. The van der Waals surface area contributed by atoms with E-state index in [0.717, 1.165) is 73.7 Å². The number of hydrogen-bond donors (Lipinski definition) is 1. The van der Waals surface area contributed by atoms with Crippen LogP contribution in [0.1, 0.15) is 75.0 Å². The van der Waals surface area contributed by atoms with Crippen LogP contribution in [0.15, 0.2) is 15.1 Å². The highest BCUT2D eigenvalue weighted by molar-refractivity contribution is 5.91. The first-order chi connectivity index (χ1) is 12.7. The summed E-state index contributed by atoms with van der Waals surface area (Å²) in [5.74, 6) is 1.60. The number of rotatable bonds is 5. The molecule has 7 nitrogen and oxygen atoms in total. The minimum atomic E-state index is -0.464. The van der Waals surface area contributed by atoms with Crippen LogP contribution in [0, 0.1) is 0 Å². The second-order valence-electron chi connectivity index (χ2n) is 7.71. The minimum absolute atomic E-state index is 0.464. The Morgan fingerprint density at radius 2 is 1.96 bits per heavy atom. The van der Waals surface area contributed by atoms with Crippen molar-refractivity contribution >= 4 is 11.1 Å². The van der Waals surface area contributed by atoms with E-state index in [2.05, 4.69) is 33.3 Å². The Balaban J connectivity index is 1.65. The second-order valence-corrected chi connectivity index (χ2v) is 7.71. The van der Waals surface area contributed by atoms with Crippen LogP contribution in [-0.2, 0) is 12.0 Å². The molecule has 2 saturated carbocycles. The van der Waals surface area contributed by atoms with Gasteiger partial charge in [-0.2, -0.15) is 4.98 Å². The first-order valence-electron chi connectivity index (χ1n) is 9.60. The predicted octanol–water partition coefficient (Wildman–Crippen LogP) is 3.83. The Labute approximate surface area is 151 Å². The second kappa shape index (κ2) is 5.87. The van der Waals surface area contributed by atoms with Crippen molar-refractivity contribution in [2.24, 2.45) is 5.73 Å². The SMILES string of the molecule is CCCc1noc2nc(C3CC3)cc(-c3nc(C4(N)CCCC4)no3)c12. The summed E-state index contributed by atoms with van der Waals surface area (Å²) in [6.07, 6.45) is 8.15. The number of nitrogens with two attached hydrogens (primary N) is 1. The van der Waals surface area contributed by atoms with Gasteiger partial charge in [0.15, 0.2) is 5.82 Å². The summed E-state index contributed by atoms with van der Waals surface area (Å²) in [6, 6.07) is 2.07. The molecule has 0 bridgehead atoms. The van der Waals surface area contributed by atoms with Gasteiger partial charge in [-0.05, 0) is 38.2 Å². The highest BCUT2D eigenvalue weighted by Gasteiger charge is 2.37. The Morgan fingerprint density at radius 1 is 1.15 bits per heavy atom. The number of aromatic nitrogens is 4. The maximum atomic E-state index is 6.50. The molecule has 3 aromatic rings. The van der Waals surface area contributed by atoms with Crippen molar-refractivity contribution in [2.45, 2.75) is 69.7 Å². The Kier molecular flexibility index (Phi) is 3.60. The van der Waals surface area contributed by atoms with Crippen LogP contribution in [0.3, 0.4) is 0 Å². The van der Waals surface area contributed by atoms with Gasteiger partial charge in [0, 0.05) is 11.6 Å². The van der Waals surface area contributed by atoms with Crippen molar-refractivity contribution in [3.8, 4) is 11.5 Å². The fourth-order valence-corrected chi connectivity index (χ4v) is 3.96. The highest BCUT2D eigenvalue weighted by atomic mass is 16.5. The Bertz CT molecular complexity index is 950. The molecule has 0 unspecified atom stereocenters. The molecule has 0 radical (unpaired) electrons. The molecule has 136 valence electrons. The molecule has 0 saturated heterocycles. The number of aryl methyl sites for hydroxylation is 1. The predicted molar refractivity (Wildman–Crippen MR) is 95.4 cm³/mol. The summed E-state index contributed by atoms with van der Waals surface area (Å²) < 4.78 is 11.2. The van der Waals surface area contributed by atoms with Gasteiger partial charge in [0.25, 0.3) is 11.6 Å². The van der Waals surface area contributed by atoms with Crippen LogP contribution in [0.25, 0.3) is 22.6 Å². The summed E-state index contributed by atoms with van der Waals surface area (Å²) in [4.78, 5) is 9.37. The Hall–Kier alpha value is -2.28. The molecule has 3 aromatic heterocycles. The first-order valence-corrected chi connectivity index (χ1v) is 9.60. The fourth-order valence-electron chi connectivity index (χ4n) is 3.96. The number of fused-ring (bicyclic) bond motifs is 1. The van der Waals surface area contributed by atoms with E-state index >= 15 is 0 Å². The molecular weight excluding hydrogens is 330 g/mol. The van der Waals surface area contributed by atoms with Crippen molar-refractivity contribution < 1.29 is 9.05 Å². The summed E-state index contributed by atoms with van der Waals surface area (Å²) in [5.41, 5.74) is 9.40. The molecule has 0 amide bonds. The van der Waals surface area contributed by atoms with E-state index in [-0.39, 0.29) is 0 Å². The van der Waals surface area contributed by atoms with E-state index in [4.69, 9.17) is 14.8 Å². The quantitative estimate of drug-likeness (QED) is 0.743. The Morgan fingerprint density at radius 3 is 2.69 bits per heavy atom. The van der Waals surface area contributed by atoms with Gasteiger partial charge in [-0.3, -0.25) is 0 Å². The van der Waals surface area contributed by atoms with E-state index < -0.39 is 5.54 Å². The molecule has 26 heavy (non-hydrogen) atoms. The smallest absolute Gasteiger partial charge is 0.259 e. The standard InChI is InChI=1S/C19H23N5O2/c1-2-5-13-15-12(10-14(11-6-7-11)21-17(15)26-23-13)16-22-18(24-25-16)19(20)8-3-4-9-19/h10-11H,2-9,20H2,1H3. The lowest BCUT2D eigenvalue weighted by Gasteiger charge is -2.17.